The molecule has 0 unspecified atom stereocenters. The Hall–Kier alpha value is -5.08. The van der Waals surface area contributed by atoms with E-state index in [1.54, 1.807) is 0 Å². The molecule has 2 aliphatic rings. The number of allylic oxidation sites excluding steroid dienone is 4. The molecular formula is C41H31NO. The van der Waals surface area contributed by atoms with E-state index in [4.69, 9.17) is 4.74 Å². The molecule has 0 bridgehead atoms. The Morgan fingerprint density at radius 1 is 0.581 bits per heavy atom. The minimum Gasteiger partial charge on any atom is -0.457 e. The number of aromatic nitrogens is 1. The highest BCUT2D eigenvalue weighted by molar-refractivity contribution is 6.23. The van der Waals surface area contributed by atoms with Gasteiger partial charge in [0.15, 0.2) is 0 Å². The van der Waals surface area contributed by atoms with E-state index in [0.717, 1.165) is 24.3 Å². The van der Waals surface area contributed by atoms with Gasteiger partial charge in [0, 0.05) is 33.0 Å². The zero-order valence-corrected chi connectivity index (χ0v) is 24.4. The van der Waals surface area contributed by atoms with Crippen LogP contribution in [0, 0.1) is 0 Å². The van der Waals surface area contributed by atoms with E-state index in [1.807, 2.05) is 6.07 Å². The highest BCUT2D eigenvalue weighted by atomic mass is 16.5. The number of para-hydroxylation sites is 1. The van der Waals surface area contributed by atoms with Gasteiger partial charge in [0.25, 0.3) is 0 Å². The molecule has 2 nitrogen and oxygen atoms in total. The van der Waals surface area contributed by atoms with Gasteiger partial charge in [-0.2, -0.15) is 0 Å². The van der Waals surface area contributed by atoms with Gasteiger partial charge in [-0.05, 0) is 88.0 Å². The highest BCUT2D eigenvalue weighted by Crippen LogP contribution is 2.49. The van der Waals surface area contributed by atoms with Gasteiger partial charge in [0.1, 0.15) is 11.5 Å². The Kier molecular flexibility index (Phi) is 5.11. The zero-order valence-electron chi connectivity index (χ0n) is 24.4. The van der Waals surface area contributed by atoms with Crippen molar-refractivity contribution in [3.8, 4) is 11.5 Å². The summed E-state index contributed by atoms with van der Waals surface area (Å²) in [5, 5.41) is 7.81. The molecule has 0 radical (unpaired) electrons. The van der Waals surface area contributed by atoms with Crippen molar-refractivity contribution in [2.45, 2.75) is 32.1 Å². The Morgan fingerprint density at radius 2 is 1.33 bits per heavy atom. The third-order valence-electron chi connectivity index (χ3n) is 9.74. The Labute approximate surface area is 251 Å². The summed E-state index contributed by atoms with van der Waals surface area (Å²) in [6, 6.07) is 42.0. The summed E-state index contributed by atoms with van der Waals surface area (Å²) in [7, 11) is 0. The van der Waals surface area contributed by atoms with Crippen LogP contribution in [-0.2, 0) is 5.41 Å². The predicted octanol–water partition coefficient (Wildman–Crippen LogP) is 11.3. The van der Waals surface area contributed by atoms with E-state index < -0.39 is 0 Å². The molecule has 9 rings (SSSR count). The Balaban J connectivity index is 1.20. The molecule has 7 aromatic rings. The van der Waals surface area contributed by atoms with Crippen molar-refractivity contribution >= 4 is 54.6 Å². The lowest BCUT2D eigenvalue weighted by Crippen LogP contribution is -2.24. The van der Waals surface area contributed by atoms with E-state index >= 15 is 0 Å². The molecule has 2 heteroatoms. The highest BCUT2D eigenvalue weighted by Gasteiger charge is 2.34. The molecule has 0 atom stereocenters. The lowest BCUT2D eigenvalue weighted by Gasteiger charge is -2.35. The van der Waals surface area contributed by atoms with Gasteiger partial charge in [-0.15, -0.1) is 0 Å². The summed E-state index contributed by atoms with van der Waals surface area (Å²) in [4.78, 5) is 0. The van der Waals surface area contributed by atoms with E-state index in [1.165, 1.54) is 71.3 Å². The molecule has 43 heavy (non-hydrogen) atoms. The second-order valence-electron chi connectivity index (χ2n) is 12.5. The van der Waals surface area contributed by atoms with Gasteiger partial charge in [-0.25, -0.2) is 0 Å². The molecule has 1 aliphatic carbocycles. The molecule has 0 saturated carbocycles. The minimum absolute atomic E-state index is 0.120. The number of ether oxygens (including phenoxy) is 1. The van der Waals surface area contributed by atoms with Crippen molar-refractivity contribution in [1.29, 1.82) is 0 Å². The summed E-state index contributed by atoms with van der Waals surface area (Å²) in [6.45, 7) is 4.61. The topological polar surface area (TPSA) is 14.2 Å². The Morgan fingerprint density at radius 3 is 2.16 bits per heavy atom. The maximum absolute atomic E-state index is 6.33. The first-order valence-electron chi connectivity index (χ1n) is 15.2. The van der Waals surface area contributed by atoms with Crippen LogP contribution in [0.3, 0.4) is 0 Å². The van der Waals surface area contributed by atoms with Crippen LogP contribution in [0.25, 0.3) is 54.6 Å². The van der Waals surface area contributed by atoms with Crippen LogP contribution in [0.5, 0.6) is 11.5 Å². The van der Waals surface area contributed by atoms with E-state index in [2.05, 4.69) is 140 Å². The van der Waals surface area contributed by atoms with Gasteiger partial charge in [-0.3, -0.25) is 0 Å². The van der Waals surface area contributed by atoms with Gasteiger partial charge in [0.2, 0.25) is 0 Å². The summed E-state index contributed by atoms with van der Waals surface area (Å²) >= 11 is 0. The molecular weight excluding hydrogens is 522 g/mol. The van der Waals surface area contributed by atoms with Gasteiger partial charge in [-0.1, -0.05) is 98.8 Å². The number of fused-ring (bicyclic) bond motifs is 8. The van der Waals surface area contributed by atoms with Crippen LogP contribution in [0.2, 0.25) is 0 Å². The van der Waals surface area contributed by atoms with Gasteiger partial charge >= 0.3 is 0 Å². The van der Waals surface area contributed by atoms with Crippen molar-refractivity contribution in [1.82, 2.24) is 4.57 Å². The van der Waals surface area contributed by atoms with Crippen LogP contribution in [-0.4, -0.2) is 4.57 Å². The average Bonchev–Trinajstić information content (AvgIpc) is 3.37. The molecule has 0 amide bonds. The fraction of sp³-hybridized carbons (Fsp3) is 0.122. The maximum atomic E-state index is 6.33. The monoisotopic (exact) mass is 553 g/mol. The van der Waals surface area contributed by atoms with Crippen molar-refractivity contribution in [3.63, 3.8) is 0 Å². The molecule has 1 aliphatic heterocycles. The zero-order chi connectivity index (χ0) is 28.7. The van der Waals surface area contributed by atoms with Crippen molar-refractivity contribution in [3.05, 3.63) is 144 Å². The summed E-state index contributed by atoms with van der Waals surface area (Å²) in [6.07, 6.45) is 6.65. The molecule has 2 heterocycles. The van der Waals surface area contributed by atoms with Crippen molar-refractivity contribution in [2.75, 3.05) is 0 Å². The second-order valence-corrected chi connectivity index (χ2v) is 12.5. The Bertz CT molecular complexity index is 2350. The van der Waals surface area contributed by atoms with Crippen LogP contribution in [0.15, 0.2) is 127 Å². The van der Waals surface area contributed by atoms with E-state index in [-0.39, 0.29) is 5.41 Å². The molecule has 0 spiro atoms. The van der Waals surface area contributed by atoms with Gasteiger partial charge < -0.3 is 9.30 Å². The normalized spacial score (nSPS) is 15.7. The van der Waals surface area contributed by atoms with Crippen molar-refractivity contribution < 1.29 is 4.74 Å². The third kappa shape index (κ3) is 3.59. The third-order valence-corrected chi connectivity index (χ3v) is 9.74. The number of hydrogen-bond donors (Lipinski definition) is 0. The number of nitrogens with zero attached hydrogens (tertiary/aromatic N) is 1. The summed E-state index contributed by atoms with van der Waals surface area (Å²) in [5.41, 5.74) is 8.92. The number of rotatable bonds is 2. The first kappa shape index (κ1) is 24.5. The average molecular weight is 554 g/mol. The summed E-state index contributed by atoms with van der Waals surface area (Å²) in [5.74, 6) is 1.92. The smallest absolute Gasteiger partial charge is 0.131 e. The lowest BCUT2D eigenvalue weighted by atomic mass is 9.75. The molecule has 0 N–H and O–H groups in total. The van der Waals surface area contributed by atoms with E-state index in [0.29, 0.717) is 0 Å². The summed E-state index contributed by atoms with van der Waals surface area (Å²) < 4.78 is 8.84. The van der Waals surface area contributed by atoms with Crippen LogP contribution >= 0.6 is 0 Å². The van der Waals surface area contributed by atoms with Crippen LogP contribution in [0.1, 0.15) is 43.4 Å². The number of benzene rings is 6. The van der Waals surface area contributed by atoms with E-state index in [9.17, 15) is 0 Å². The fourth-order valence-electron chi connectivity index (χ4n) is 7.48. The molecule has 206 valence electrons. The maximum Gasteiger partial charge on any atom is 0.131 e. The first-order valence-corrected chi connectivity index (χ1v) is 15.2. The first-order chi connectivity index (χ1) is 21.1. The van der Waals surface area contributed by atoms with Crippen molar-refractivity contribution in [2.24, 2.45) is 0 Å². The number of hydrogen-bond acceptors (Lipinski definition) is 1. The largest absolute Gasteiger partial charge is 0.457 e. The fourth-order valence-corrected chi connectivity index (χ4v) is 7.48. The minimum atomic E-state index is -0.120. The van der Waals surface area contributed by atoms with Gasteiger partial charge in [0.05, 0.1) is 11.0 Å². The molecule has 6 aromatic carbocycles. The quantitative estimate of drug-likeness (QED) is 0.208. The SMILES string of the molecule is CC1(C)c2ccccc2Oc2ccc(C3=CC=C(n4c5cc6ccccc6cc5c5c6ccccc6ccc54)CC3)cc21. The molecule has 0 saturated heterocycles. The van der Waals surface area contributed by atoms with Crippen LogP contribution < -0.4 is 4.74 Å². The standard InChI is InChI=1S/C41H31NO/c1-41(2)34-13-7-8-14-38(34)43-39-22-18-30(24-35(39)41)26-15-19-31(20-16-26)42-36-21-17-27-9-5-6-12-32(27)40(36)33-23-28-10-3-4-11-29(28)25-37(33)42/h3-15,17-19,21-25H,16,20H2,1-2H3. The predicted molar refractivity (Wildman–Crippen MR) is 181 cm³/mol. The molecule has 0 fully saturated rings. The molecule has 1 aromatic heterocycles. The lowest BCUT2D eigenvalue weighted by molar-refractivity contribution is 0.418. The van der Waals surface area contributed by atoms with Crippen LogP contribution in [0.4, 0.5) is 0 Å². The second kappa shape index (κ2) is 8.96.